The molecule has 1 aliphatic rings. The van der Waals surface area contributed by atoms with Crippen molar-refractivity contribution >= 4 is 27.5 Å². The Balaban J connectivity index is 1.58. The fourth-order valence-corrected chi connectivity index (χ4v) is 5.46. The molecule has 0 bridgehead atoms. The van der Waals surface area contributed by atoms with Crippen LogP contribution in [0.1, 0.15) is 44.0 Å². The van der Waals surface area contributed by atoms with E-state index in [1.54, 1.807) is 11.3 Å². The predicted octanol–water partition coefficient (Wildman–Crippen LogP) is -0.470. The van der Waals surface area contributed by atoms with E-state index in [2.05, 4.69) is 32.7 Å². The van der Waals surface area contributed by atoms with E-state index in [1.807, 2.05) is 18.7 Å². The zero-order valence-corrected chi connectivity index (χ0v) is 19.3. The average molecular weight is 422 g/mol. The molecule has 1 saturated heterocycles. The number of hydrogen-bond acceptors (Lipinski definition) is 4. The molecule has 8 heteroatoms. The number of aromatic amines is 1. The van der Waals surface area contributed by atoms with Gasteiger partial charge in [-0.15, -0.1) is 11.3 Å². The summed E-state index contributed by atoms with van der Waals surface area (Å²) in [6.07, 6.45) is 0. The van der Waals surface area contributed by atoms with Gasteiger partial charge in [-0.05, 0) is 47.1 Å². The molecule has 160 valence electrons. The van der Waals surface area contributed by atoms with E-state index in [1.165, 1.54) is 9.80 Å². The number of aryl methyl sites for hydroxylation is 2. The van der Waals surface area contributed by atoms with Gasteiger partial charge in [-0.25, -0.2) is 4.98 Å². The number of H-pyrrole nitrogens is 1. The van der Waals surface area contributed by atoms with E-state index in [0.717, 1.165) is 59.2 Å². The van der Waals surface area contributed by atoms with Crippen LogP contribution < -0.4 is 15.4 Å². The number of amides is 1. The lowest BCUT2D eigenvalue weighted by Crippen LogP contribution is -3.28. The van der Waals surface area contributed by atoms with Crippen molar-refractivity contribution in [1.29, 1.82) is 0 Å². The Morgan fingerprint density at radius 2 is 1.69 bits per heavy atom. The molecule has 3 rings (SSSR count). The smallest absolute Gasteiger partial charge is 0.278 e. The maximum Gasteiger partial charge on any atom is 0.278 e. The maximum absolute atomic E-state index is 12.7. The molecule has 0 aliphatic carbocycles. The summed E-state index contributed by atoms with van der Waals surface area (Å²) in [6.45, 7) is 17.5. The van der Waals surface area contributed by atoms with E-state index in [9.17, 15) is 9.59 Å². The van der Waals surface area contributed by atoms with Crippen LogP contribution in [0.4, 0.5) is 0 Å². The van der Waals surface area contributed by atoms with Gasteiger partial charge in [0.2, 0.25) is 0 Å². The minimum absolute atomic E-state index is 0.0245. The summed E-state index contributed by atoms with van der Waals surface area (Å²) in [5, 5.41) is 0.735. The molecule has 1 fully saturated rings. The zero-order valence-electron chi connectivity index (χ0n) is 18.5. The molecule has 2 aromatic heterocycles. The van der Waals surface area contributed by atoms with Crippen LogP contribution in [0.3, 0.4) is 0 Å². The first-order valence-corrected chi connectivity index (χ1v) is 11.5. The van der Waals surface area contributed by atoms with Gasteiger partial charge < -0.3 is 19.7 Å². The number of carbonyl (C=O) groups excluding carboxylic acids is 1. The highest BCUT2D eigenvalue weighted by Crippen LogP contribution is 2.25. The highest BCUT2D eigenvalue weighted by atomic mass is 32.1. The third-order valence-electron chi connectivity index (χ3n) is 5.97. The highest BCUT2D eigenvalue weighted by molar-refractivity contribution is 7.18. The summed E-state index contributed by atoms with van der Waals surface area (Å²) in [4.78, 5) is 39.6. The number of rotatable bonds is 6. The van der Waals surface area contributed by atoms with Gasteiger partial charge in [0.05, 0.1) is 5.39 Å². The molecule has 3 heterocycles. The van der Waals surface area contributed by atoms with Crippen LogP contribution in [0.15, 0.2) is 4.79 Å². The third-order valence-corrected chi connectivity index (χ3v) is 7.07. The quantitative estimate of drug-likeness (QED) is 0.590. The van der Waals surface area contributed by atoms with E-state index < -0.39 is 0 Å². The van der Waals surface area contributed by atoms with Crippen molar-refractivity contribution in [2.24, 2.45) is 0 Å². The van der Waals surface area contributed by atoms with Crippen molar-refractivity contribution in [2.75, 3.05) is 32.7 Å². The van der Waals surface area contributed by atoms with Gasteiger partial charge in [0, 0.05) is 17.0 Å². The molecule has 2 aromatic rings. The molecule has 1 amide bonds. The number of quaternary nitrogens is 2. The number of carbonyl (C=O) groups is 1. The summed E-state index contributed by atoms with van der Waals surface area (Å²) in [5.74, 6) is 1.01. The largest absolute Gasteiger partial charge is 0.333 e. The molecule has 0 unspecified atom stereocenters. The summed E-state index contributed by atoms with van der Waals surface area (Å²) < 4.78 is 0. The van der Waals surface area contributed by atoms with Gasteiger partial charge in [0.25, 0.3) is 11.5 Å². The van der Waals surface area contributed by atoms with Crippen LogP contribution >= 0.6 is 11.3 Å². The van der Waals surface area contributed by atoms with Crippen molar-refractivity contribution in [1.82, 2.24) is 14.9 Å². The van der Waals surface area contributed by atoms with Crippen molar-refractivity contribution in [2.45, 2.75) is 60.2 Å². The molecule has 1 aliphatic heterocycles. The number of nitrogens with zero attached hydrogens (tertiary/aromatic N) is 2. The van der Waals surface area contributed by atoms with Crippen molar-refractivity contribution in [3.63, 3.8) is 0 Å². The molecule has 7 nitrogen and oxygen atoms in total. The summed E-state index contributed by atoms with van der Waals surface area (Å²) in [7, 11) is 0. The van der Waals surface area contributed by atoms with Crippen LogP contribution in [0.25, 0.3) is 10.2 Å². The van der Waals surface area contributed by atoms with Crippen molar-refractivity contribution < 1.29 is 14.6 Å². The highest BCUT2D eigenvalue weighted by Gasteiger charge is 2.29. The molecule has 0 saturated carbocycles. The lowest BCUT2D eigenvalue weighted by Gasteiger charge is -2.34. The second-order valence-corrected chi connectivity index (χ2v) is 10.0. The number of aromatic nitrogens is 2. The normalized spacial score (nSPS) is 20.0. The minimum Gasteiger partial charge on any atom is -0.333 e. The first-order chi connectivity index (χ1) is 13.7. The van der Waals surface area contributed by atoms with E-state index in [-0.39, 0.29) is 23.6 Å². The maximum atomic E-state index is 12.7. The van der Waals surface area contributed by atoms with E-state index in [0.29, 0.717) is 6.54 Å². The molecular weight excluding hydrogens is 386 g/mol. The molecule has 0 radical (unpaired) electrons. The number of hydrogen-bond donors (Lipinski definition) is 3. The first-order valence-electron chi connectivity index (χ1n) is 10.6. The topological polar surface area (TPSA) is 74.9 Å². The fraction of sp³-hybridized carbons (Fsp3) is 0.667. The zero-order chi connectivity index (χ0) is 21.3. The lowest BCUT2D eigenvalue weighted by molar-refractivity contribution is -1.02. The fourth-order valence-electron chi connectivity index (χ4n) is 4.41. The standard InChI is InChI=1S/C21H33N5O2S/c1-13(2)26(14(3)4)18(27)12-25-9-7-24(8-10-25)11-17-22-20(28)19-15(5)16(6)29-21(19)23-17/h13-14H,7-12H2,1-6H3,(H,22,23,28)/p+2. The van der Waals surface area contributed by atoms with Crippen LogP contribution in [0.5, 0.6) is 0 Å². The summed E-state index contributed by atoms with van der Waals surface area (Å²) in [5.41, 5.74) is 1.01. The lowest BCUT2D eigenvalue weighted by atomic mass is 10.2. The molecule has 29 heavy (non-hydrogen) atoms. The number of fused-ring (bicyclic) bond motifs is 1. The predicted molar refractivity (Wildman–Crippen MR) is 117 cm³/mol. The second-order valence-electron chi connectivity index (χ2n) is 8.82. The third kappa shape index (κ3) is 4.87. The van der Waals surface area contributed by atoms with Gasteiger partial charge in [0.1, 0.15) is 37.6 Å². The van der Waals surface area contributed by atoms with Gasteiger partial charge in [0.15, 0.2) is 12.4 Å². The minimum atomic E-state index is -0.0245. The van der Waals surface area contributed by atoms with Crippen LogP contribution in [0.2, 0.25) is 0 Å². The van der Waals surface area contributed by atoms with E-state index >= 15 is 0 Å². The van der Waals surface area contributed by atoms with Crippen LogP contribution in [0, 0.1) is 13.8 Å². The monoisotopic (exact) mass is 421 g/mol. The average Bonchev–Trinajstić information content (AvgIpc) is 2.90. The Morgan fingerprint density at radius 1 is 1.10 bits per heavy atom. The Bertz CT molecular complexity index is 917. The SMILES string of the molecule is Cc1sc2nc(C[NH+]3CC[NH+](CC(=O)N(C(C)C)C(C)C)CC3)[nH]c(=O)c2c1C. The molecular formula is C21H35N5O2S+2. The number of thiophene rings is 1. The Kier molecular flexibility index (Phi) is 6.76. The molecule has 0 aromatic carbocycles. The summed E-state index contributed by atoms with van der Waals surface area (Å²) >= 11 is 1.60. The second kappa shape index (κ2) is 8.93. The Hall–Kier alpha value is -1.77. The van der Waals surface area contributed by atoms with Crippen molar-refractivity contribution in [3.8, 4) is 0 Å². The number of piperazine rings is 1. The Labute approximate surface area is 176 Å². The van der Waals surface area contributed by atoms with Crippen LogP contribution in [-0.4, -0.2) is 65.6 Å². The van der Waals surface area contributed by atoms with Crippen molar-refractivity contribution in [3.05, 3.63) is 26.6 Å². The van der Waals surface area contributed by atoms with Gasteiger partial charge in [-0.3, -0.25) is 9.59 Å². The van der Waals surface area contributed by atoms with Gasteiger partial charge >= 0.3 is 0 Å². The first kappa shape index (κ1) is 21.9. The molecule has 0 atom stereocenters. The number of nitrogens with one attached hydrogen (secondary N) is 3. The summed E-state index contributed by atoms with van der Waals surface area (Å²) in [6, 6.07) is 0.465. The van der Waals surface area contributed by atoms with E-state index in [4.69, 9.17) is 4.98 Å². The van der Waals surface area contributed by atoms with Crippen LogP contribution in [-0.2, 0) is 11.3 Å². The molecule has 3 N–H and O–H groups in total. The van der Waals surface area contributed by atoms with Gasteiger partial charge in [-0.2, -0.15) is 0 Å². The van der Waals surface area contributed by atoms with Gasteiger partial charge in [-0.1, -0.05) is 0 Å². The Morgan fingerprint density at radius 3 is 2.28 bits per heavy atom. The molecule has 0 spiro atoms.